The first kappa shape index (κ1) is 15.7. The highest BCUT2D eigenvalue weighted by atomic mass is 35.5. The minimum atomic E-state index is -0.337. The van der Waals surface area contributed by atoms with Crippen LogP contribution in [-0.2, 0) is 22.7 Å². The second kappa shape index (κ2) is 6.14. The Morgan fingerprint density at radius 3 is 3.04 bits per heavy atom. The SMILES string of the molecule is Cc1ccc(Cl)cc1NC(=O)Cn1nc2c(cc1=O)CO[C@@H]2C. The maximum absolute atomic E-state index is 12.2. The van der Waals surface area contributed by atoms with Gasteiger partial charge in [-0.2, -0.15) is 5.10 Å². The van der Waals surface area contributed by atoms with Gasteiger partial charge in [0.05, 0.1) is 18.4 Å². The van der Waals surface area contributed by atoms with E-state index in [2.05, 4.69) is 10.4 Å². The topological polar surface area (TPSA) is 73.2 Å². The summed E-state index contributed by atoms with van der Waals surface area (Å²) in [6.45, 7) is 3.95. The molecule has 23 heavy (non-hydrogen) atoms. The van der Waals surface area contributed by atoms with Gasteiger partial charge in [-0.3, -0.25) is 9.59 Å². The van der Waals surface area contributed by atoms with Crippen molar-refractivity contribution in [2.24, 2.45) is 0 Å². The van der Waals surface area contributed by atoms with E-state index in [-0.39, 0.29) is 24.1 Å². The zero-order chi connectivity index (χ0) is 16.6. The van der Waals surface area contributed by atoms with Gasteiger partial charge < -0.3 is 10.1 Å². The number of ether oxygens (including phenoxy) is 1. The molecule has 1 amide bonds. The molecule has 0 radical (unpaired) electrons. The summed E-state index contributed by atoms with van der Waals surface area (Å²) in [6.07, 6.45) is -0.171. The van der Waals surface area contributed by atoms with Crippen LogP contribution >= 0.6 is 11.6 Å². The van der Waals surface area contributed by atoms with Crippen molar-refractivity contribution < 1.29 is 9.53 Å². The Balaban J connectivity index is 1.80. The molecule has 1 aliphatic heterocycles. The van der Waals surface area contributed by atoms with E-state index in [1.54, 1.807) is 12.1 Å². The summed E-state index contributed by atoms with van der Waals surface area (Å²) < 4.78 is 6.58. The number of hydrogen-bond donors (Lipinski definition) is 1. The molecule has 2 aromatic rings. The third kappa shape index (κ3) is 3.28. The Labute approximate surface area is 138 Å². The Bertz CT molecular complexity index is 832. The highest BCUT2D eigenvalue weighted by Gasteiger charge is 2.23. The number of aromatic nitrogens is 2. The van der Waals surface area contributed by atoms with Crippen molar-refractivity contribution >= 4 is 23.2 Å². The number of carbonyl (C=O) groups is 1. The number of anilines is 1. The molecule has 1 aliphatic rings. The van der Waals surface area contributed by atoms with Crippen LogP contribution in [0.25, 0.3) is 0 Å². The van der Waals surface area contributed by atoms with E-state index in [4.69, 9.17) is 16.3 Å². The standard InChI is InChI=1S/C16H16ClN3O3/c1-9-3-4-12(17)6-13(9)18-14(21)7-20-15(22)5-11-8-23-10(2)16(11)19-20/h3-6,10H,7-8H2,1-2H3,(H,18,21)/t10-/m1/s1. The van der Waals surface area contributed by atoms with E-state index < -0.39 is 0 Å². The molecule has 0 bridgehead atoms. The lowest BCUT2D eigenvalue weighted by molar-refractivity contribution is -0.117. The second-order valence-electron chi connectivity index (χ2n) is 5.51. The van der Waals surface area contributed by atoms with E-state index >= 15 is 0 Å². The maximum atomic E-state index is 12.2. The van der Waals surface area contributed by atoms with E-state index in [1.807, 2.05) is 19.9 Å². The van der Waals surface area contributed by atoms with E-state index in [9.17, 15) is 9.59 Å². The van der Waals surface area contributed by atoms with Gasteiger partial charge in [-0.1, -0.05) is 17.7 Å². The van der Waals surface area contributed by atoms with Gasteiger partial charge in [-0.15, -0.1) is 0 Å². The van der Waals surface area contributed by atoms with Gasteiger partial charge in [0.1, 0.15) is 6.54 Å². The molecule has 0 unspecified atom stereocenters. The number of fused-ring (bicyclic) bond motifs is 1. The Hall–Kier alpha value is -2.18. The summed E-state index contributed by atoms with van der Waals surface area (Å²) in [6, 6.07) is 6.71. The summed E-state index contributed by atoms with van der Waals surface area (Å²) in [5, 5.41) is 7.53. The van der Waals surface area contributed by atoms with Crippen LogP contribution in [0.2, 0.25) is 5.02 Å². The Morgan fingerprint density at radius 2 is 2.26 bits per heavy atom. The Kier molecular flexibility index (Phi) is 4.19. The second-order valence-corrected chi connectivity index (χ2v) is 5.95. The molecule has 3 rings (SSSR count). The summed E-state index contributed by atoms with van der Waals surface area (Å²) in [5.41, 5.74) is 2.67. The minimum Gasteiger partial charge on any atom is -0.367 e. The van der Waals surface area contributed by atoms with Crippen molar-refractivity contribution in [2.45, 2.75) is 33.1 Å². The molecule has 0 aliphatic carbocycles. The molecule has 0 saturated heterocycles. The molecular weight excluding hydrogens is 318 g/mol. The summed E-state index contributed by atoms with van der Waals surface area (Å²) in [7, 11) is 0. The van der Waals surface area contributed by atoms with Crippen molar-refractivity contribution in [3.05, 3.63) is 56.5 Å². The normalized spacial score (nSPS) is 16.2. The van der Waals surface area contributed by atoms with Crippen LogP contribution in [0.15, 0.2) is 29.1 Å². The number of benzene rings is 1. The van der Waals surface area contributed by atoms with Crippen LogP contribution in [0, 0.1) is 6.92 Å². The van der Waals surface area contributed by atoms with Crippen molar-refractivity contribution in [1.82, 2.24) is 9.78 Å². The fourth-order valence-corrected chi connectivity index (χ4v) is 2.63. The van der Waals surface area contributed by atoms with Gasteiger partial charge >= 0.3 is 0 Å². The van der Waals surface area contributed by atoms with Gasteiger partial charge in [0.15, 0.2) is 0 Å². The largest absolute Gasteiger partial charge is 0.367 e. The number of carbonyl (C=O) groups excluding carboxylic acids is 1. The summed E-state index contributed by atoms with van der Waals surface area (Å²) >= 11 is 5.93. The highest BCUT2D eigenvalue weighted by Crippen LogP contribution is 2.26. The quantitative estimate of drug-likeness (QED) is 0.936. The number of rotatable bonds is 3. The fourth-order valence-electron chi connectivity index (χ4n) is 2.46. The predicted molar refractivity (Wildman–Crippen MR) is 86.5 cm³/mol. The van der Waals surface area contributed by atoms with Gasteiger partial charge in [-0.25, -0.2) is 4.68 Å². The average Bonchev–Trinajstić information content (AvgIpc) is 2.84. The smallest absolute Gasteiger partial charge is 0.267 e. The molecule has 6 nitrogen and oxygen atoms in total. The number of nitrogens with zero attached hydrogens (tertiary/aromatic N) is 2. The molecule has 1 aromatic carbocycles. The van der Waals surface area contributed by atoms with Crippen LogP contribution in [0.5, 0.6) is 0 Å². The molecule has 0 saturated carbocycles. The van der Waals surface area contributed by atoms with Crippen LogP contribution in [0.1, 0.15) is 29.8 Å². The average molecular weight is 334 g/mol. The molecule has 0 spiro atoms. The van der Waals surface area contributed by atoms with E-state index in [1.165, 1.54) is 6.07 Å². The molecule has 1 atom stereocenters. The van der Waals surface area contributed by atoms with Crippen molar-refractivity contribution in [2.75, 3.05) is 5.32 Å². The number of hydrogen-bond acceptors (Lipinski definition) is 4. The van der Waals surface area contributed by atoms with Gasteiger partial charge in [0, 0.05) is 22.3 Å². The van der Waals surface area contributed by atoms with Gasteiger partial charge in [0.2, 0.25) is 5.91 Å². The van der Waals surface area contributed by atoms with E-state index in [0.717, 1.165) is 15.8 Å². The predicted octanol–water partition coefficient (Wildman–Crippen LogP) is 2.44. The summed E-state index contributed by atoms with van der Waals surface area (Å²) in [5.74, 6) is -0.337. The van der Waals surface area contributed by atoms with Crippen LogP contribution in [0.4, 0.5) is 5.69 Å². The van der Waals surface area contributed by atoms with Gasteiger partial charge in [0.25, 0.3) is 5.56 Å². The molecule has 1 N–H and O–H groups in total. The van der Waals surface area contributed by atoms with E-state index in [0.29, 0.717) is 23.0 Å². The van der Waals surface area contributed by atoms with Crippen LogP contribution in [-0.4, -0.2) is 15.7 Å². The number of amides is 1. The molecule has 7 heteroatoms. The molecular formula is C16H16ClN3O3. The zero-order valence-corrected chi connectivity index (χ0v) is 13.6. The van der Waals surface area contributed by atoms with Crippen molar-refractivity contribution in [1.29, 1.82) is 0 Å². The number of aryl methyl sites for hydroxylation is 1. The Morgan fingerprint density at radius 1 is 1.48 bits per heavy atom. The first-order valence-electron chi connectivity index (χ1n) is 7.22. The molecule has 1 aromatic heterocycles. The lowest BCUT2D eigenvalue weighted by Gasteiger charge is -2.11. The van der Waals surface area contributed by atoms with Gasteiger partial charge in [-0.05, 0) is 31.5 Å². The molecule has 2 heterocycles. The van der Waals surface area contributed by atoms with Crippen molar-refractivity contribution in [3.63, 3.8) is 0 Å². The zero-order valence-electron chi connectivity index (χ0n) is 12.8. The third-order valence-electron chi connectivity index (χ3n) is 3.75. The summed E-state index contributed by atoms with van der Waals surface area (Å²) in [4.78, 5) is 24.2. The lowest BCUT2D eigenvalue weighted by atomic mass is 10.2. The fraction of sp³-hybridized carbons (Fsp3) is 0.312. The number of nitrogens with one attached hydrogen (secondary N) is 1. The van der Waals surface area contributed by atoms with Crippen LogP contribution in [0.3, 0.4) is 0 Å². The first-order valence-corrected chi connectivity index (χ1v) is 7.60. The maximum Gasteiger partial charge on any atom is 0.267 e. The third-order valence-corrected chi connectivity index (χ3v) is 3.99. The minimum absolute atomic E-state index is 0.162. The highest BCUT2D eigenvalue weighted by molar-refractivity contribution is 6.31. The first-order chi connectivity index (χ1) is 10.9. The molecule has 0 fully saturated rings. The van der Waals surface area contributed by atoms with Crippen molar-refractivity contribution in [3.8, 4) is 0 Å². The van der Waals surface area contributed by atoms with Crippen LogP contribution < -0.4 is 10.9 Å². The lowest BCUT2D eigenvalue weighted by Crippen LogP contribution is -2.30. The molecule has 120 valence electrons. The number of halogens is 1. The monoisotopic (exact) mass is 333 g/mol.